The van der Waals surface area contributed by atoms with Crippen molar-refractivity contribution in [2.75, 3.05) is 6.54 Å². The highest BCUT2D eigenvalue weighted by molar-refractivity contribution is 5.80. The molecule has 2 fully saturated rings. The highest BCUT2D eigenvalue weighted by Gasteiger charge is 2.33. The largest absolute Gasteiger partial charge is 0.481 e. The van der Waals surface area contributed by atoms with Gasteiger partial charge in [0.25, 0.3) is 0 Å². The summed E-state index contributed by atoms with van der Waals surface area (Å²) >= 11 is 0. The molecule has 0 heterocycles. The van der Waals surface area contributed by atoms with Gasteiger partial charge in [-0.05, 0) is 37.5 Å². The van der Waals surface area contributed by atoms with Crippen LogP contribution < -0.4 is 5.32 Å². The molecule has 0 radical (unpaired) electrons. The highest BCUT2D eigenvalue weighted by atomic mass is 16.4. The second-order valence-electron chi connectivity index (χ2n) is 6.75. The summed E-state index contributed by atoms with van der Waals surface area (Å²) in [5.74, 6) is 0.553. The van der Waals surface area contributed by atoms with Gasteiger partial charge in [-0.1, -0.05) is 32.6 Å². The minimum Gasteiger partial charge on any atom is -0.481 e. The van der Waals surface area contributed by atoms with Gasteiger partial charge in [-0.15, -0.1) is 0 Å². The van der Waals surface area contributed by atoms with Gasteiger partial charge < -0.3 is 10.4 Å². The smallest absolute Gasteiger partial charge is 0.306 e. The fourth-order valence-electron chi connectivity index (χ4n) is 3.61. The quantitative estimate of drug-likeness (QED) is 0.814. The molecule has 0 aliphatic heterocycles. The van der Waals surface area contributed by atoms with Crippen LogP contribution in [0.2, 0.25) is 0 Å². The monoisotopic (exact) mass is 281 g/mol. The van der Waals surface area contributed by atoms with Crippen molar-refractivity contribution in [3.8, 4) is 0 Å². The molecule has 0 spiro atoms. The molecule has 0 aromatic heterocycles. The zero-order valence-electron chi connectivity index (χ0n) is 12.4. The van der Waals surface area contributed by atoms with Crippen molar-refractivity contribution in [2.24, 2.45) is 23.7 Å². The summed E-state index contributed by atoms with van der Waals surface area (Å²) in [6.45, 7) is 3.07. The maximum Gasteiger partial charge on any atom is 0.306 e. The summed E-state index contributed by atoms with van der Waals surface area (Å²) in [6, 6.07) is 0. The average Bonchev–Trinajstić information content (AvgIpc) is 2.91. The molecule has 2 atom stereocenters. The molecule has 0 aromatic rings. The van der Waals surface area contributed by atoms with Crippen LogP contribution in [0, 0.1) is 23.7 Å². The van der Waals surface area contributed by atoms with Gasteiger partial charge in [0.05, 0.1) is 5.92 Å². The fraction of sp³-hybridized carbons (Fsp3) is 0.875. The van der Waals surface area contributed by atoms with Crippen LogP contribution in [0.5, 0.6) is 0 Å². The lowest BCUT2D eigenvalue weighted by Crippen LogP contribution is -2.31. The van der Waals surface area contributed by atoms with Crippen LogP contribution in [0.4, 0.5) is 0 Å². The molecular formula is C16H27NO3. The van der Waals surface area contributed by atoms with Gasteiger partial charge in [0.1, 0.15) is 0 Å². The van der Waals surface area contributed by atoms with Crippen LogP contribution in [-0.4, -0.2) is 23.5 Å². The summed E-state index contributed by atoms with van der Waals surface area (Å²) in [5, 5.41) is 12.0. The lowest BCUT2D eigenvalue weighted by atomic mass is 9.81. The second-order valence-corrected chi connectivity index (χ2v) is 6.75. The molecule has 0 bridgehead atoms. The molecule has 4 nitrogen and oxygen atoms in total. The Labute approximate surface area is 121 Å². The molecule has 0 aromatic carbocycles. The predicted octanol–water partition coefficient (Wildman–Crippen LogP) is 2.82. The predicted molar refractivity (Wildman–Crippen MR) is 77.2 cm³/mol. The number of carbonyl (C=O) groups is 2. The van der Waals surface area contributed by atoms with Crippen molar-refractivity contribution >= 4 is 11.9 Å². The number of aliphatic carboxylic acids is 1. The molecule has 114 valence electrons. The Morgan fingerprint density at radius 1 is 1.05 bits per heavy atom. The molecule has 20 heavy (non-hydrogen) atoms. The summed E-state index contributed by atoms with van der Waals surface area (Å²) in [7, 11) is 0. The van der Waals surface area contributed by atoms with Gasteiger partial charge in [0, 0.05) is 12.5 Å². The molecule has 4 heteroatoms. The SMILES string of the molecule is CC1CCC(CCNC(=O)C2CCC(C(=O)O)C2)CC1. The van der Waals surface area contributed by atoms with Gasteiger partial charge >= 0.3 is 5.97 Å². The first-order chi connectivity index (χ1) is 9.56. The van der Waals surface area contributed by atoms with Crippen LogP contribution in [0.1, 0.15) is 58.3 Å². The van der Waals surface area contributed by atoms with E-state index in [9.17, 15) is 9.59 Å². The van der Waals surface area contributed by atoms with Crippen molar-refractivity contribution < 1.29 is 14.7 Å². The average molecular weight is 281 g/mol. The number of amides is 1. The van der Waals surface area contributed by atoms with E-state index in [2.05, 4.69) is 12.2 Å². The van der Waals surface area contributed by atoms with Crippen LogP contribution in [-0.2, 0) is 9.59 Å². The van der Waals surface area contributed by atoms with E-state index in [0.717, 1.165) is 31.2 Å². The first kappa shape index (κ1) is 15.3. The second kappa shape index (κ2) is 7.09. The Hall–Kier alpha value is -1.06. The normalized spacial score (nSPS) is 33.9. The summed E-state index contributed by atoms with van der Waals surface area (Å²) in [5.41, 5.74) is 0. The molecule has 2 unspecified atom stereocenters. The lowest BCUT2D eigenvalue weighted by Gasteiger charge is -2.26. The molecule has 2 aliphatic rings. The maximum absolute atomic E-state index is 12.0. The van der Waals surface area contributed by atoms with Crippen molar-refractivity contribution in [3.05, 3.63) is 0 Å². The molecule has 2 aliphatic carbocycles. The van der Waals surface area contributed by atoms with Crippen LogP contribution in [0.15, 0.2) is 0 Å². The molecule has 2 saturated carbocycles. The van der Waals surface area contributed by atoms with Gasteiger partial charge in [0.15, 0.2) is 0 Å². The number of hydrogen-bond donors (Lipinski definition) is 2. The fourth-order valence-corrected chi connectivity index (χ4v) is 3.61. The van der Waals surface area contributed by atoms with Crippen molar-refractivity contribution in [1.82, 2.24) is 5.32 Å². The van der Waals surface area contributed by atoms with Gasteiger partial charge in [0.2, 0.25) is 5.91 Å². The molecule has 0 saturated heterocycles. The van der Waals surface area contributed by atoms with Gasteiger partial charge in [-0.3, -0.25) is 9.59 Å². The third-order valence-electron chi connectivity index (χ3n) is 5.14. The Morgan fingerprint density at radius 3 is 2.30 bits per heavy atom. The van der Waals surface area contributed by atoms with E-state index < -0.39 is 5.97 Å². The molecule has 2 N–H and O–H groups in total. The van der Waals surface area contributed by atoms with Gasteiger partial charge in [-0.25, -0.2) is 0 Å². The first-order valence-electron chi connectivity index (χ1n) is 8.06. The number of carbonyl (C=O) groups excluding carboxylic acids is 1. The molecule has 2 rings (SSSR count). The molecule has 1 amide bonds. The standard InChI is InChI=1S/C16H27NO3/c1-11-2-4-12(5-3-11)8-9-17-15(18)13-6-7-14(10-13)16(19)20/h11-14H,2-10H2,1H3,(H,17,18)(H,19,20). The van der Waals surface area contributed by atoms with E-state index in [0.29, 0.717) is 12.8 Å². The Bertz CT molecular complexity index is 348. The lowest BCUT2D eigenvalue weighted by molar-refractivity contribution is -0.141. The summed E-state index contributed by atoms with van der Waals surface area (Å²) in [4.78, 5) is 22.9. The van der Waals surface area contributed by atoms with E-state index in [-0.39, 0.29) is 17.7 Å². The highest BCUT2D eigenvalue weighted by Crippen LogP contribution is 2.32. The van der Waals surface area contributed by atoms with Crippen molar-refractivity contribution in [1.29, 1.82) is 0 Å². The maximum atomic E-state index is 12.0. The Kier molecular flexibility index (Phi) is 5.44. The minimum absolute atomic E-state index is 0.0675. The third-order valence-corrected chi connectivity index (χ3v) is 5.14. The van der Waals surface area contributed by atoms with E-state index >= 15 is 0 Å². The van der Waals surface area contributed by atoms with Crippen LogP contribution in [0.3, 0.4) is 0 Å². The summed E-state index contributed by atoms with van der Waals surface area (Å²) in [6.07, 6.45) is 8.19. The van der Waals surface area contributed by atoms with Crippen molar-refractivity contribution in [2.45, 2.75) is 58.3 Å². The van der Waals surface area contributed by atoms with E-state index in [4.69, 9.17) is 5.11 Å². The van der Waals surface area contributed by atoms with E-state index in [1.807, 2.05) is 0 Å². The Balaban J connectivity index is 1.62. The Morgan fingerprint density at radius 2 is 1.70 bits per heavy atom. The van der Waals surface area contributed by atoms with Crippen molar-refractivity contribution in [3.63, 3.8) is 0 Å². The zero-order valence-corrected chi connectivity index (χ0v) is 12.4. The topological polar surface area (TPSA) is 66.4 Å². The van der Waals surface area contributed by atoms with Gasteiger partial charge in [-0.2, -0.15) is 0 Å². The van der Waals surface area contributed by atoms with E-state index in [1.165, 1.54) is 25.7 Å². The number of nitrogens with one attached hydrogen (secondary N) is 1. The first-order valence-corrected chi connectivity index (χ1v) is 8.06. The minimum atomic E-state index is -0.753. The van der Waals surface area contributed by atoms with Crippen LogP contribution >= 0.6 is 0 Å². The number of rotatable bonds is 5. The number of hydrogen-bond acceptors (Lipinski definition) is 2. The number of carboxylic acids is 1. The third kappa shape index (κ3) is 4.22. The van der Waals surface area contributed by atoms with E-state index in [1.54, 1.807) is 0 Å². The summed E-state index contributed by atoms with van der Waals surface area (Å²) < 4.78 is 0. The number of carboxylic acid groups (broad SMARTS) is 1. The molecular weight excluding hydrogens is 254 g/mol. The van der Waals surface area contributed by atoms with Crippen LogP contribution in [0.25, 0.3) is 0 Å². The zero-order chi connectivity index (χ0) is 14.5.